The number of nitrogens with one attached hydrogen (secondary N) is 1. The summed E-state index contributed by atoms with van der Waals surface area (Å²) in [6.07, 6.45) is 1.32. The molecule has 0 radical (unpaired) electrons. The summed E-state index contributed by atoms with van der Waals surface area (Å²) in [4.78, 5) is 12.7. The van der Waals surface area contributed by atoms with Gasteiger partial charge < -0.3 is 5.32 Å². The number of carbonyl (C=O) groups is 1. The minimum atomic E-state index is -0.299. The van der Waals surface area contributed by atoms with Crippen LogP contribution in [-0.4, -0.2) is 15.6 Å². The lowest BCUT2D eigenvalue weighted by molar-refractivity contribution is 0.0953. The van der Waals surface area contributed by atoms with Gasteiger partial charge in [-0.25, -0.2) is 9.07 Å². The van der Waals surface area contributed by atoms with Crippen LogP contribution >= 0.6 is 0 Å². The van der Waals surface area contributed by atoms with Crippen molar-refractivity contribution < 1.29 is 9.18 Å². The van der Waals surface area contributed by atoms with Crippen LogP contribution in [0.4, 0.5) is 15.9 Å². The van der Waals surface area contributed by atoms with E-state index in [1.807, 2.05) is 35.0 Å². The predicted molar refractivity (Wildman–Crippen MR) is 95.1 cm³/mol. The van der Waals surface area contributed by atoms with Crippen molar-refractivity contribution in [2.45, 2.75) is 19.8 Å². The molecule has 126 valence electrons. The summed E-state index contributed by atoms with van der Waals surface area (Å²) in [5.41, 5.74) is 3.20. The summed E-state index contributed by atoms with van der Waals surface area (Å²) in [5, 5.41) is 7.83. The van der Waals surface area contributed by atoms with E-state index in [1.165, 1.54) is 12.1 Å². The predicted octanol–water partition coefficient (Wildman–Crippen LogP) is 4.52. The highest BCUT2D eigenvalue weighted by Crippen LogP contribution is 2.33. The molecule has 1 aromatic heterocycles. The fraction of sp³-hybridized carbons (Fsp3) is 0.200. The largest absolute Gasteiger partial charge is 0.338 e. The Hall–Kier alpha value is -2.95. The number of rotatable bonds is 3. The second-order valence-electron chi connectivity index (χ2n) is 6.49. The molecule has 0 saturated carbocycles. The molecule has 4 nitrogen and oxygen atoms in total. The van der Waals surface area contributed by atoms with E-state index in [0.29, 0.717) is 23.5 Å². The van der Waals surface area contributed by atoms with E-state index in [9.17, 15) is 9.18 Å². The average molecular weight is 335 g/mol. The molecule has 0 aliphatic heterocycles. The van der Waals surface area contributed by atoms with Gasteiger partial charge in [-0.2, -0.15) is 0 Å². The topological polar surface area (TPSA) is 46.9 Å². The van der Waals surface area contributed by atoms with Gasteiger partial charge in [-0.3, -0.25) is 4.79 Å². The smallest absolute Gasteiger partial charge is 0.168 e. The molecular formula is C20H18FN3O. The number of carbonyl (C=O) groups excluding carboxylic acids is 1. The number of aromatic nitrogens is 2. The lowest BCUT2D eigenvalue weighted by atomic mass is 9.87. The standard InChI is InChI=1S/C20H18FN3O/c1-13-11-17-19(18(25)12-13)20(22-15-9-7-14(21)8-10-15)23-24(17)16-5-3-2-4-6-16/h2-10,13H,11-12H2,1H3,(H,22,23). The van der Waals surface area contributed by atoms with Crippen LogP contribution in [0.5, 0.6) is 0 Å². The van der Waals surface area contributed by atoms with Crippen molar-refractivity contribution in [3.63, 3.8) is 0 Å². The van der Waals surface area contributed by atoms with Crippen LogP contribution in [0.2, 0.25) is 0 Å². The first-order valence-corrected chi connectivity index (χ1v) is 8.35. The molecule has 5 heteroatoms. The summed E-state index contributed by atoms with van der Waals surface area (Å²) in [7, 11) is 0. The van der Waals surface area contributed by atoms with E-state index >= 15 is 0 Å². The second kappa shape index (κ2) is 6.16. The number of fused-ring (bicyclic) bond motifs is 1. The van der Waals surface area contributed by atoms with Gasteiger partial charge in [-0.05, 0) is 48.7 Å². The number of benzene rings is 2. The summed E-state index contributed by atoms with van der Waals surface area (Å²) in [5.74, 6) is 0.619. The molecule has 1 aliphatic rings. The molecule has 0 fully saturated rings. The fourth-order valence-corrected chi connectivity index (χ4v) is 3.30. The second-order valence-corrected chi connectivity index (χ2v) is 6.49. The number of hydrogen-bond acceptors (Lipinski definition) is 3. The van der Waals surface area contributed by atoms with Crippen molar-refractivity contribution in [2.75, 3.05) is 5.32 Å². The van der Waals surface area contributed by atoms with Gasteiger partial charge >= 0.3 is 0 Å². The Morgan fingerprint density at radius 2 is 1.80 bits per heavy atom. The fourth-order valence-electron chi connectivity index (χ4n) is 3.30. The normalized spacial score (nSPS) is 16.6. The molecule has 3 aromatic rings. The van der Waals surface area contributed by atoms with Crippen molar-refractivity contribution in [3.05, 3.63) is 71.7 Å². The lowest BCUT2D eigenvalue weighted by Gasteiger charge is -2.19. The van der Waals surface area contributed by atoms with Crippen LogP contribution < -0.4 is 5.32 Å². The van der Waals surface area contributed by atoms with E-state index in [4.69, 9.17) is 0 Å². The maximum absolute atomic E-state index is 13.1. The van der Waals surface area contributed by atoms with Crippen molar-refractivity contribution in [1.29, 1.82) is 0 Å². The van der Waals surface area contributed by atoms with Crippen LogP contribution in [0.3, 0.4) is 0 Å². The first-order valence-electron chi connectivity index (χ1n) is 8.35. The quantitative estimate of drug-likeness (QED) is 0.765. The van der Waals surface area contributed by atoms with Crippen LogP contribution in [-0.2, 0) is 6.42 Å². The molecule has 0 spiro atoms. The van der Waals surface area contributed by atoms with Crippen LogP contribution in [0.1, 0.15) is 29.4 Å². The Balaban J connectivity index is 1.82. The Kier molecular flexibility index (Phi) is 3.84. The van der Waals surface area contributed by atoms with E-state index < -0.39 is 0 Å². The first kappa shape index (κ1) is 15.6. The summed E-state index contributed by atoms with van der Waals surface area (Å²) in [6.45, 7) is 2.08. The number of para-hydroxylation sites is 1. The van der Waals surface area contributed by atoms with Crippen molar-refractivity contribution >= 4 is 17.3 Å². The van der Waals surface area contributed by atoms with Gasteiger partial charge in [0.1, 0.15) is 5.82 Å². The molecule has 1 atom stereocenters. The molecule has 0 amide bonds. The third-order valence-corrected chi connectivity index (χ3v) is 4.44. The molecule has 4 rings (SSSR count). The third kappa shape index (κ3) is 2.93. The van der Waals surface area contributed by atoms with E-state index in [1.54, 1.807) is 12.1 Å². The molecular weight excluding hydrogens is 317 g/mol. The molecule has 1 heterocycles. The highest BCUT2D eigenvalue weighted by atomic mass is 19.1. The number of anilines is 2. The molecule has 1 N–H and O–H groups in total. The average Bonchev–Trinajstić information content (AvgIpc) is 2.96. The number of ketones is 1. The number of Topliss-reactive ketones (excluding diaryl/α,β-unsaturated/α-hetero) is 1. The van der Waals surface area contributed by atoms with E-state index in [2.05, 4.69) is 17.3 Å². The van der Waals surface area contributed by atoms with Gasteiger partial charge in [0.25, 0.3) is 0 Å². The van der Waals surface area contributed by atoms with Gasteiger partial charge in [-0.15, -0.1) is 5.10 Å². The minimum absolute atomic E-state index is 0.0977. The molecule has 0 saturated heterocycles. The lowest BCUT2D eigenvalue weighted by Crippen LogP contribution is -2.19. The van der Waals surface area contributed by atoms with Crippen molar-refractivity contribution in [3.8, 4) is 5.69 Å². The van der Waals surface area contributed by atoms with Crippen LogP contribution in [0, 0.1) is 11.7 Å². The Morgan fingerprint density at radius 3 is 2.52 bits per heavy atom. The number of nitrogens with zero attached hydrogens (tertiary/aromatic N) is 2. The van der Waals surface area contributed by atoms with Crippen molar-refractivity contribution in [2.24, 2.45) is 5.92 Å². The molecule has 1 unspecified atom stereocenters. The summed E-state index contributed by atoms with van der Waals surface area (Å²) in [6, 6.07) is 15.8. The molecule has 1 aliphatic carbocycles. The van der Waals surface area contributed by atoms with Crippen molar-refractivity contribution in [1.82, 2.24) is 9.78 Å². The molecule has 0 bridgehead atoms. The highest BCUT2D eigenvalue weighted by Gasteiger charge is 2.31. The maximum Gasteiger partial charge on any atom is 0.168 e. The highest BCUT2D eigenvalue weighted by molar-refractivity contribution is 6.03. The minimum Gasteiger partial charge on any atom is -0.338 e. The monoisotopic (exact) mass is 335 g/mol. The third-order valence-electron chi connectivity index (χ3n) is 4.44. The zero-order chi connectivity index (χ0) is 17.4. The first-order chi connectivity index (χ1) is 12.1. The Bertz CT molecular complexity index is 916. The summed E-state index contributed by atoms with van der Waals surface area (Å²) < 4.78 is 15.0. The number of halogens is 1. The van der Waals surface area contributed by atoms with Gasteiger partial charge in [0.15, 0.2) is 11.6 Å². The zero-order valence-corrected chi connectivity index (χ0v) is 13.9. The molecule has 2 aromatic carbocycles. The van der Waals surface area contributed by atoms with E-state index in [0.717, 1.165) is 17.8 Å². The molecule has 25 heavy (non-hydrogen) atoms. The Morgan fingerprint density at radius 1 is 1.08 bits per heavy atom. The van der Waals surface area contributed by atoms with Crippen LogP contribution in [0.25, 0.3) is 5.69 Å². The van der Waals surface area contributed by atoms with Gasteiger partial charge in [0.2, 0.25) is 0 Å². The Labute approximate surface area is 145 Å². The zero-order valence-electron chi connectivity index (χ0n) is 13.9. The van der Waals surface area contributed by atoms with Gasteiger partial charge in [-0.1, -0.05) is 25.1 Å². The van der Waals surface area contributed by atoms with Gasteiger partial charge in [0, 0.05) is 12.1 Å². The number of hydrogen-bond donors (Lipinski definition) is 1. The SMILES string of the molecule is CC1CC(=O)c2c(Nc3ccc(F)cc3)nn(-c3ccccc3)c2C1. The maximum atomic E-state index is 13.1. The van der Waals surface area contributed by atoms with E-state index in [-0.39, 0.29) is 17.5 Å². The van der Waals surface area contributed by atoms with Crippen LogP contribution in [0.15, 0.2) is 54.6 Å². The summed E-state index contributed by atoms with van der Waals surface area (Å²) >= 11 is 0. The van der Waals surface area contributed by atoms with Gasteiger partial charge in [0.05, 0.1) is 16.9 Å².